The van der Waals surface area contributed by atoms with Crippen LogP contribution < -0.4 is 0 Å². The lowest BCUT2D eigenvalue weighted by Crippen LogP contribution is -2.04. The molecular formula is C21H15Cl3N2OS. The van der Waals surface area contributed by atoms with Crippen LogP contribution in [0.4, 0.5) is 0 Å². The lowest BCUT2D eigenvalue weighted by Gasteiger charge is -2.16. The van der Waals surface area contributed by atoms with E-state index in [9.17, 15) is 5.11 Å². The van der Waals surface area contributed by atoms with Crippen molar-refractivity contribution in [1.29, 1.82) is 0 Å². The van der Waals surface area contributed by atoms with Crippen LogP contribution in [0.3, 0.4) is 0 Å². The van der Waals surface area contributed by atoms with E-state index in [1.54, 1.807) is 30.6 Å². The Morgan fingerprint density at radius 3 is 2.54 bits per heavy atom. The first-order chi connectivity index (χ1) is 13.5. The molecule has 0 saturated carbocycles. The highest BCUT2D eigenvalue weighted by Gasteiger charge is 2.26. The number of thiophene rings is 1. The molecular weight excluding hydrogens is 435 g/mol. The van der Waals surface area contributed by atoms with Gasteiger partial charge in [-0.05, 0) is 36.4 Å². The van der Waals surface area contributed by atoms with Crippen LogP contribution in [0.1, 0.15) is 17.2 Å². The van der Waals surface area contributed by atoms with Crippen molar-refractivity contribution in [3.63, 3.8) is 0 Å². The fraction of sp³-hybridized carbons (Fsp3) is 0.0952. The Bertz CT molecular complexity index is 1140. The van der Waals surface area contributed by atoms with E-state index >= 15 is 0 Å². The number of aromatic nitrogens is 2. The number of pyridine rings is 1. The van der Waals surface area contributed by atoms with Crippen molar-refractivity contribution in [1.82, 2.24) is 9.55 Å². The van der Waals surface area contributed by atoms with Crippen molar-refractivity contribution >= 4 is 46.1 Å². The Morgan fingerprint density at radius 2 is 1.89 bits per heavy atom. The van der Waals surface area contributed by atoms with Gasteiger partial charge in [-0.25, -0.2) is 0 Å². The third-order valence-electron chi connectivity index (χ3n) is 4.52. The summed E-state index contributed by atoms with van der Waals surface area (Å²) in [5, 5.41) is 12.4. The summed E-state index contributed by atoms with van der Waals surface area (Å²) in [4.78, 5) is 5.11. The molecule has 28 heavy (non-hydrogen) atoms. The molecule has 0 saturated heterocycles. The van der Waals surface area contributed by atoms with Crippen LogP contribution in [0, 0.1) is 0 Å². The van der Waals surface area contributed by atoms with Crippen LogP contribution in [-0.4, -0.2) is 14.7 Å². The van der Waals surface area contributed by atoms with Gasteiger partial charge in [0, 0.05) is 57.8 Å². The van der Waals surface area contributed by atoms with Gasteiger partial charge in [-0.1, -0.05) is 40.9 Å². The molecule has 0 bridgehead atoms. The Balaban J connectivity index is 1.99. The third-order valence-corrected chi connectivity index (χ3v) is 6.33. The van der Waals surface area contributed by atoms with E-state index in [-0.39, 0.29) is 0 Å². The van der Waals surface area contributed by atoms with Crippen molar-refractivity contribution < 1.29 is 5.11 Å². The minimum Gasteiger partial charge on any atom is -0.383 e. The van der Waals surface area contributed by atoms with Gasteiger partial charge < -0.3 is 9.67 Å². The molecule has 1 unspecified atom stereocenters. The van der Waals surface area contributed by atoms with Crippen LogP contribution in [0.5, 0.6) is 0 Å². The van der Waals surface area contributed by atoms with Crippen LogP contribution in [0.15, 0.2) is 61.1 Å². The van der Waals surface area contributed by atoms with Crippen molar-refractivity contribution in [3.8, 4) is 21.7 Å². The number of halogens is 3. The molecule has 0 radical (unpaired) electrons. The first-order valence-electron chi connectivity index (χ1n) is 8.44. The van der Waals surface area contributed by atoms with E-state index in [0.29, 0.717) is 19.9 Å². The SMILES string of the molecule is Cn1cc(-c2ccc(Cl)s2)c(C(O)c2cccnc2)c1-c1ccc(Cl)cc1Cl. The molecule has 0 spiro atoms. The van der Waals surface area contributed by atoms with Crippen molar-refractivity contribution in [2.24, 2.45) is 7.05 Å². The summed E-state index contributed by atoms with van der Waals surface area (Å²) in [6, 6.07) is 12.8. The summed E-state index contributed by atoms with van der Waals surface area (Å²) >= 11 is 20.2. The van der Waals surface area contributed by atoms with Crippen LogP contribution >= 0.6 is 46.1 Å². The van der Waals surface area contributed by atoms with Gasteiger partial charge in [-0.2, -0.15) is 0 Å². The summed E-state index contributed by atoms with van der Waals surface area (Å²) in [5.41, 5.74) is 3.96. The molecule has 3 aromatic heterocycles. The smallest absolute Gasteiger partial charge is 0.108 e. The van der Waals surface area contributed by atoms with Gasteiger partial charge in [0.25, 0.3) is 0 Å². The van der Waals surface area contributed by atoms with E-state index in [4.69, 9.17) is 34.8 Å². The minimum absolute atomic E-state index is 0.518. The van der Waals surface area contributed by atoms with E-state index < -0.39 is 6.10 Å². The summed E-state index contributed by atoms with van der Waals surface area (Å²) in [6.45, 7) is 0. The predicted molar refractivity (Wildman–Crippen MR) is 117 cm³/mol. The molecule has 1 aromatic carbocycles. The number of rotatable bonds is 4. The highest BCUT2D eigenvalue weighted by Crippen LogP contribution is 2.44. The molecule has 7 heteroatoms. The second-order valence-electron chi connectivity index (χ2n) is 6.33. The fourth-order valence-corrected chi connectivity index (χ4v) is 4.86. The number of aliphatic hydroxyl groups is 1. The largest absolute Gasteiger partial charge is 0.383 e. The Morgan fingerprint density at radius 1 is 1.07 bits per heavy atom. The van der Waals surface area contributed by atoms with E-state index in [2.05, 4.69) is 4.98 Å². The molecule has 0 aliphatic heterocycles. The quantitative estimate of drug-likeness (QED) is 0.369. The summed E-state index contributed by atoms with van der Waals surface area (Å²) in [6.07, 6.45) is 4.44. The topological polar surface area (TPSA) is 38.0 Å². The second kappa shape index (κ2) is 7.90. The van der Waals surface area contributed by atoms with Gasteiger partial charge in [-0.3, -0.25) is 4.98 Å². The monoisotopic (exact) mass is 448 g/mol. The average molecular weight is 450 g/mol. The zero-order chi connectivity index (χ0) is 19.8. The Kier molecular flexibility index (Phi) is 5.50. The lowest BCUT2D eigenvalue weighted by atomic mass is 9.95. The molecule has 1 N–H and O–H groups in total. The molecule has 4 aromatic rings. The zero-order valence-corrected chi connectivity index (χ0v) is 17.8. The fourth-order valence-electron chi connectivity index (χ4n) is 3.30. The number of benzene rings is 1. The maximum absolute atomic E-state index is 11.3. The molecule has 0 amide bonds. The molecule has 4 rings (SSSR count). The van der Waals surface area contributed by atoms with E-state index in [1.165, 1.54) is 11.3 Å². The highest BCUT2D eigenvalue weighted by molar-refractivity contribution is 7.19. The number of nitrogens with zero attached hydrogens (tertiary/aromatic N) is 2. The highest BCUT2D eigenvalue weighted by atomic mass is 35.5. The first kappa shape index (κ1) is 19.5. The Hall–Kier alpha value is -1.82. The molecule has 3 heterocycles. The number of aliphatic hydroxyl groups excluding tert-OH is 1. The summed E-state index contributed by atoms with van der Waals surface area (Å²) in [5.74, 6) is 0. The molecule has 0 aliphatic rings. The summed E-state index contributed by atoms with van der Waals surface area (Å²) < 4.78 is 2.65. The lowest BCUT2D eigenvalue weighted by molar-refractivity contribution is 0.221. The molecule has 142 valence electrons. The van der Waals surface area contributed by atoms with Gasteiger partial charge >= 0.3 is 0 Å². The molecule has 0 fully saturated rings. The number of hydrogen-bond acceptors (Lipinski definition) is 3. The van der Waals surface area contributed by atoms with Crippen molar-refractivity contribution in [2.75, 3.05) is 0 Å². The standard InChI is InChI=1S/C21H15Cl3N2OS/c1-26-11-15(17-6-7-18(24)28-17)19(21(27)12-3-2-8-25-10-12)20(26)14-5-4-13(22)9-16(14)23/h2-11,21,27H,1H3. The van der Waals surface area contributed by atoms with Crippen molar-refractivity contribution in [3.05, 3.63) is 86.6 Å². The number of hydrogen-bond donors (Lipinski definition) is 1. The third kappa shape index (κ3) is 3.59. The predicted octanol–water partition coefficient (Wildman–Crippen LogP) is 6.86. The maximum Gasteiger partial charge on any atom is 0.108 e. The molecule has 0 aliphatic carbocycles. The van der Waals surface area contributed by atoms with Crippen LogP contribution in [0.2, 0.25) is 14.4 Å². The normalized spacial score (nSPS) is 12.3. The van der Waals surface area contributed by atoms with Gasteiger partial charge in [-0.15, -0.1) is 11.3 Å². The average Bonchev–Trinajstić information content (AvgIpc) is 3.25. The minimum atomic E-state index is -0.882. The second-order valence-corrected chi connectivity index (χ2v) is 8.89. The van der Waals surface area contributed by atoms with Gasteiger partial charge in [0.15, 0.2) is 0 Å². The zero-order valence-electron chi connectivity index (χ0n) is 14.7. The van der Waals surface area contributed by atoms with Crippen LogP contribution in [0.25, 0.3) is 21.7 Å². The summed E-state index contributed by atoms with van der Waals surface area (Å²) in [7, 11) is 1.93. The van der Waals surface area contributed by atoms with Crippen LogP contribution in [-0.2, 0) is 7.05 Å². The van der Waals surface area contributed by atoms with Gasteiger partial charge in [0.1, 0.15) is 6.10 Å². The maximum atomic E-state index is 11.3. The Labute approximate surface area is 181 Å². The van der Waals surface area contributed by atoms with Gasteiger partial charge in [0.05, 0.1) is 15.1 Å². The molecule has 3 nitrogen and oxygen atoms in total. The van der Waals surface area contributed by atoms with E-state index in [1.807, 2.05) is 42.1 Å². The number of aryl methyl sites for hydroxylation is 1. The first-order valence-corrected chi connectivity index (χ1v) is 10.4. The van der Waals surface area contributed by atoms with Crippen molar-refractivity contribution in [2.45, 2.75) is 6.10 Å². The van der Waals surface area contributed by atoms with E-state index in [0.717, 1.165) is 27.3 Å². The van der Waals surface area contributed by atoms with Gasteiger partial charge in [0.2, 0.25) is 0 Å². The molecule has 1 atom stereocenters.